The Hall–Kier alpha value is -1.64. The highest BCUT2D eigenvalue weighted by atomic mass is 32.2. The first kappa shape index (κ1) is 19.7. The van der Waals surface area contributed by atoms with Crippen molar-refractivity contribution in [3.63, 3.8) is 0 Å². The molecule has 140 valence electrons. The smallest absolute Gasteiger partial charge is 0.410 e. The maximum absolute atomic E-state index is 12.1. The van der Waals surface area contributed by atoms with Crippen molar-refractivity contribution in [3.05, 3.63) is 29.8 Å². The van der Waals surface area contributed by atoms with Crippen LogP contribution in [0, 0.1) is 0 Å². The van der Waals surface area contributed by atoms with Crippen LogP contribution in [0.5, 0.6) is 0 Å². The van der Waals surface area contributed by atoms with Crippen LogP contribution in [0.1, 0.15) is 45.7 Å². The van der Waals surface area contributed by atoms with Crippen LogP contribution in [0.4, 0.5) is 4.79 Å². The first-order valence-electron chi connectivity index (χ1n) is 8.32. The molecule has 0 saturated carbocycles. The predicted molar refractivity (Wildman–Crippen MR) is 95.6 cm³/mol. The molecular formula is C17H27N3O4S. The second kappa shape index (κ2) is 7.31. The number of primary sulfonamides is 1. The topological polar surface area (TPSA) is 102 Å². The van der Waals surface area contributed by atoms with Gasteiger partial charge in [-0.05, 0) is 51.8 Å². The van der Waals surface area contributed by atoms with E-state index in [1.165, 1.54) is 6.07 Å². The summed E-state index contributed by atoms with van der Waals surface area (Å²) >= 11 is 0. The Morgan fingerprint density at radius 1 is 1.40 bits per heavy atom. The second-order valence-electron chi connectivity index (χ2n) is 7.42. The van der Waals surface area contributed by atoms with Gasteiger partial charge in [-0.25, -0.2) is 18.4 Å². The number of carbonyl (C=O) groups excluding carboxylic acids is 1. The number of rotatable bonds is 4. The van der Waals surface area contributed by atoms with Crippen LogP contribution in [0.2, 0.25) is 0 Å². The molecule has 1 amide bonds. The van der Waals surface area contributed by atoms with E-state index >= 15 is 0 Å². The number of hydrogen-bond donors (Lipinski definition) is 2. The van der Waals surface area contributed by atoms with E-state index in [9.17, 15) is 13.2 Å². The molecule has 1 aromatic carbocycles. The molecule has 7 nitrogen and oxygen atoms in total. The minimum absolute atomic E-state index is 0.0645. The lowest BCUT2D eigenvalue weighted by Crippen LogP contribution is -2.39. The molecule has 25 heavy (non-hydrogen) atoms. The van der Waals surface area contributed by atoms with Crippen molar-refractivity contribution in [1.82, 2.24) is 10.2 Å². The molecule has 0 spiro atoms. The summed E-state index contributed by atoms with van der Waals surface area (Å²) < 4.78 is 28.4. The van der Waals surface area contributed by atoms with Gasteiger partial charge in [0, 0.05) is 25.2 Å². The summed E-state index contributed by atoms with van der Waals surface area (Å²) in [5.74, 6) is 0. The van der Waals surface area contributed by atoms with Gasteiger partial charge in [0.2, 0.25) is 10.0 Å². The van der Waals surface area contributed by atoms with Gasteiger partial charge in [-0.15, -0.1) is 0 Å². The lowest BCUT2D eigenvalue weighted by atomic mass is 10.1. The van der Waals surface area contributed by atoms with Gasteiger partial charge in [-0.1, -0.05) is 12.1 Å². The number of sulfonamides is 1. The van der Waals surface area contributed by atoms with E-state index in [0.717, 1.165) is 12.0 Å². The molecule has 2 unspecified atom stereocenters. The number of carbonyl (C=O) groups is 1. The summed E-state index contributed by atoms with van der Waals surface area (Å²) in [6, 6.07) is 6.65. The van der Waals surface area contributed by atoms with Crippen molar-refractivity contribution in [3.8, 4) is 0 Å². The van der Waals surface area contributed by atoms with Crippen LogP contribution >= 0.6 is 0 Å². The number of nitrogens with two attached hydrogens (primary N) is 1. The van der Waals surface area contributed by atoms with Crippen molar-refractivity contribution in [2.45, 2.75) is 56.7 Å². The molecule has 1 aliphatic rings. The number of nitrogens with one attached hydrogen (secondary N) is 1. The molecule has 1 aliphatic heterocycles. The van der Waals surface area contributed by atoms with Crippen molar-refractivity contribution in [2.75, 3.05) is 13.1 Å². The molecule has 0 bridgehead atoms. The third-order valence-corrected chi connectivity index (χ3v) is 4.92. The fourth-order valence-electron chi connectivity index (χ4n) is 2.80. The minimum atomic E-state index is -3.72. The number of benzene rings is 1. The molecule has 0 radical (unpaired) electrons. The highest BCUT2D eigenvalue weighted by Gasteiger charge is 2.30. The van der Waals surface area contributed by atoms with Crippen LogP contribution < -0.4 is 10.5 Å². The summed E-state index contributed by atoms with van der Waals surface area (Å²) in [5.41, 5.74) is 0.326. The van der Waals surface area contributed by atoms with E-state index in [2.05, 4.69) is 5.32 Å². The first-order valence-corrected chi connectivity index (χ1v) is 9.87. The lowest BCUT2D eigenvalue weighted by molar-refractivity contribution is 0.0290. The van der Waals surface area contributed by atoms with Crippen molar-refractivity contribution in [1.29, 1.82) is 0 Å². The number of ether oxygens (including phenoxy) is 1. The average Bonchev–Trinajstić information content (AvgIpc) is 2.93. The van der Waals surface area contributed by atoms with Crippen LogP contribution in [0.3, 0.4) is 0 Å². The van der Waals surface area contributed by atoms with E-state index in [-0.39, 0.29) is 23.1 Å². The highest BCUT2D eigenvalue weighted by molar-refractivity contribution is 7.89. The minimum Gasteiger partial charge on any atom is -0.444 e. The zero-order valence-electron chi connectivity index (χ0n) is 15.2. The Bertz CT molecular complexity index is 728. The van der Waals surface area contributed by atoms with Crippen molar-refractivity contribution >= 4 is 16.1 Å². The van der Waals surface area contributed by atoms with Gasteiger partial charge in [0.25, 0.3) is 0 Å². The zero-order chi connectivity index (χ0) is 18.8. The third kappa shape index (κ3) is 5.69. The molecule has 1 fully saturated rings. The van der Waals surface area contributed by atoms with Gasteiger partial charge in [-0.3, -0.25) is 0 Å². The Balaban J connectivity index is 1.96. The van der Waals surface area contributed by atoms with E-state index in [4.69, 9.17) is 9.88 Å². The van der Waals surface area contributed by atoms with Gasteiger partial charge in [0.15, 0.2) is 0 Å². The van der Waals surface area contributed by atoms with E-state index in [1.807, 2.05) is 33.8 Å². The Morgan fingerprint density at radius 3 is 2.68 bits per heavy atom. The van der Waals surface area contributed by atoms with Gasteiger partial charge in [-0.2, -0.15) is 0 Å². The Labute approximate surface area is 149 Å². The van der Waals surface area contributed by atoms with Crippen LogP contribution in [-0.2, 0) is 14.8 Å². The van der Waals surface area contributed by atoms with Crippen LogP contribution in [0.15, 0.2) is 29.2 Å². The lowest BCUT2D eigenvalue weighted by Gasteiger charge is -2.25. The molecule has 0 aromatic heterocycles. The molecule has 2 rings (SSSR count). The van der Waals surface area contributed by atoms with E-state index < -0.39 is 15.6 Å². The molecule has 1 heterocycles. The monoisotopic (exact) mass is 369 g/mol. The Morgan fingerprint density at radius 2 is 2.08 bits per heavy atom. The highest BCUT2D eigenvalue weighted by Crippen LogP contribution is 2.20. The molecule has 8 heteroatoms. The predicted octanol–water partition coefficient (Wildman–Crippen LogP) is 1.99. The first-order chi connectivity index (χ1) is 11.5. The van der Waals surface area contributed by atoms with Crippen molar-refractivity contribution in [2.24, 2.45) is 5.14 Å². The number of nitrogens with zero attached hydrogens (tertiary/aromatic N) is 1. The number of hydrogen-bond acceptors (Lipinski definition) is 5. The third-order valence-electron chi connectivity index (χ3n) is 4.01. The molecule has 1 aromatic rings. The normalized spacial score (nSPS) is 19.7. The number of amides is 1. The van der Waals surface area contributed by atoms with Crippen molar-refractivity contribution < 1.29 is 17.9 Å². The fraction of sp³-hybridized carbons (Fsp3) is 0.588. The van der Waals surface area contributed by atoms with Gasteiger partial charge in [0.1, 0.15) is 5.60 Å². The second-order valence-corrected chi connectivity index (χ2v) is 8.98. The quantitative estimate of drug-likeness (QED) is 0.845. The van der Waals surface area contributed by atoms with Crippen LogP contribution in [0.25, 0.3) is 0 Å². The molecular weight excluding hydrogens is 342 g/mol. The average molecular weight is 369 g/mol. The van der Waals surface area contributed by atoms with Gasteiger partial charge < -0.3 is 15.0 Å². The maximum Gasteiger partial charge on any atom is 0.410 e. The zero-order valence-corrected chi connectivity index (χ0v) is 16.0. The fourth-order valence-corrected chi connectivity index (χ4v) is 3.37. The van der Waals surface area contributed by atoms with E-state index in [0.29, 0.717) is 13.1 Å². The summed E-state index contributed by atoms with van der Waals surface area (Å²) in [5, 5.41) is 8.62. The van der Waals surface area contributed by atoms with Gasteiger partial charge >= 0.3 is 6.09 Å². The number of likely N-dealkylation sites (tertiary alicyclic amines) is 1. The standard InChI is InChI=1S/C17H27N3O4S/c1-12(13-6-5-7-15(10-13)25(18,22)23)19-14-8-9-20(11-14)16(21)24-17(2,3)4/h5-7,10,12,14,19H,8-9,11H2,1-4H3,(H2,18,22,23). The molecule has 2 atom stereocenters. The largest absolute Gasteiger partial charge is 0.444 e. The Kier molecular flexibility index (Phi) is 5.75. The van der Waals surface area contributed by atoms with Crippen LogP contribution in [-0.4, -0.2) is 44.1 Å². The SMILES string of the molecule is CC(NC1CCN(C(=O)OC(C)(C)C)C1)c1cccc(S(N)(=O)=O)c1. The molecule has 3 N–H and O–H groups in total. The van der Waals surface area contributed by atoms with E-state index in [1.54, 1.807) is 17.0 Å². The summed E-state index contributed by atoms with van der Waals surface area (Å²) in [6.45, 7) is 8.69. The summed E-state index contributed by atoms with van der Waals surface area (Å²) in [6.07, 6.45) is 0.513. The maximum atomic E-state index is 12.1. The summed E-state index contributed by atoms with van der Waals surface area (Å²) in [7, 11) is -3.72. The summed E-state index contributed by atoms with van der Waals surface area (Å²) in [4.78, 5) is 13.9. The molecule has 1 saturated heterocycles. The van der Waals surface area contributed by atoms with Gasteiger partial charge in [0.05, 0.1) is 4.90 Å². The molecule has 0 aliphatic carbocycles.